The molecule has 1 unspecified atom stereocenters. The molecule has 0 radical (unpaired) electrons. The highest BCUT2D eigenvalue weighted by Crippen LogP contribution is 2.37. The average molecular weight is 562 g/mol. The summed E-state index contributed by atoms with van der Waals surface area (Å²) in [6.45, 7) is 0. The monoisotopic (exact) mass is 561 g/mol. The number of nitrogens with one attached hydrogen (secondary N) is 2. The number of thioether (sulfide) groups is 1. The number of halogens is 1. The Hall–Kier alpha value is -4.67. The number of benzene rings is 3. The van der Waals surface area contributed by atoms with Gasteiger partial charge in [0.05, 0.1) is 21.7 Å². The summed E-state index contributed by atoms with van der Waals surface area (Å²) in [6.07, 6.45) is 1.43. The van der Waals surface area contributed by atoms with Gasteiger partial charge in [0.1, 0.15) is 11.1 Å². The van der Waals surface area contributed by atoms with E-state index in [1.165, 1.54) is 18.0 Å². The molecule has 0 aliphatic carbocycles. The number of carbonyl (C=O) groups excluding carboxylic acids is 2. The van der Waals surface area contributed by atoms with Crippen molar-refractivity contribution in [2.75, 3.05) is 10.6 Å². The Bertz CT molecular complexity index is 1550. The van der Waals surface area contributed by atoms with E-state index < -0.39 is 28.7 Å². The summed E-state index contributed by atoms with van der Waals surface area (Å²) in [4.78, 5) is 53.8. The lowest BCUT2D eigenvalue weighted by molar-refractivity contribution is -0.115. The van der Waals surface area contributed by atoms with Gasteiger partial charge in [-0.05, 0) is 54.1 Å². The number of carboxylic acid groups (broad SMARTS) is 2. The van der Waals surface area contributed by atoms with Crippen molar-refractivity contribution in [1.29, 1.82) is 0 Å². The lowest BCUT2D eigenvalue weighted by Crippen LogP contribution is -2.19. The maximum Gasteiger partial charge on any atom is 0.336 e. The number of hydrogen-bond donors (Lipinski definition) is 4. The number of amides is 2. The van der Waals surface area contributed by atoms with E-state index in [1.807, 2.05) is 30.3 Å². The number of hydrogen-bond acceptors (Lipinski definition) is 6. The van der Waals surface area contributed by atoms with E-state index in [2.05, 4.69) is 15.6 Å². The van der Waals surface area contributed by atoms with Gasteiger partial charge in [0.15, 0.2) is 0 Å². The third-order valence-electron chi connectivity index (χ3n) is 5.41. The van der Waals surface area contributed by atoms with Gasteiger partial charge in [-0.15, -0.1) is 11.8 Å². The van der Waals surface area contributed by atoms with E-state index in [0.29, 0.717) is 21.4 Å². The molecule has 4 rings (SSSR count). The highest BCUT2D eigenvalue weighted by molar-refractivity contribution is 8.00. The van der Waals surface area contributed by atoms with Crippen LogP contribution in [0.25, 0.3) is 0 Å². The lowest BCUT2D eigenvalue weighted by Gasteiger charge is -2.17. The second-order valence-corrected chi connectivity index (χ2v) is 9.73. The van der Waals surface area contributed by atoms with Gasteiger partial charge in [-0.2, -0.15) is 0 Å². The first-order chi connectivity index (χ1) is 18.7. The molecule has 9 nitrogen and oxygen atoms in total. The molecule has 1 atom stereocenters. The van der Waals surface area contributed by atoms with Crippen molar-refractivity contribution in [2.45, 2.75) is 10.1 Å². The summed E-state index contributed by atoms with van der Waals surface area (Å²) in [5, 5.41) is 23.8. The van der Waals surface area contributed by atoms with Crippen molar-refractivity contribution in [1.82, 2.24) is 4.98 Å². The van der Waals surface area contributed by atoms with Crippen LogP contribution >= 0.6 is 23.4 Å². The Morgan fingerprint density at radius 2 is 1.56 bits per heavy atom. The molecule has 4 N–H and O–H groups in total. The zero-order chi connectivity index (χ0) is 27.9. The molecule has 4 aromatic rings. The number of carbonyl (C=O) groups is 4. The van der Waals surface area contributed by atoms with Crippen LogP contribution < -0.4 is 10.6 Å². The van der Waals surface area contributed by atoms with Crippen LogP contribution in [-0.2, 0) is 4.79 Å². The maximum atomic E-state index is 13.3. The third kappa shape index (κ3) is 7.01. The van der Waals surface area contributed by atoms with E-state index >= 15 is 0 Å². The van der Waals surface area contributed by atoms with Gasteiger partial charge >= 0.3 is 11.9 Å². The molecular formula is C28H20ClN3O6S. The summed E-state index contributed by atoms with van der Waals surface area (Å²) in [5.41, 5.74) is 0.224. The minimum Gasteiger partial charge on any atom is -0.478 e. The summed E-state index contributed by atoms with van der Waals surface area (Å²) in [7, 11) is 0. The molecule has 0 aliphatic heterocycles. The topological polar surface area (TPSA) is 146 Å². The van der Waals surface area contributed by atoms with Crippen molar-refractivity contribution in [3.8, 4) is 0 Å². The second kappa shape index (κ2) is 12.2. The summed E-state index contributed by atoms with van der Waals surface area (Å²) >= 11 is 7.13. The summed E-state index contributed by atoms with van der Waals surface area (Å²) in [5.74, 6) is -3.44. The predicted octanol–water partition coefficient (Wildman–Crippen LogP) is 5.86. The van der Waals surface area contributed by atoms with E-state index in [-0.39, 0.29) is 17.0 Å². The molecule has 11 heteroatoms. The normalized spacial score (nSPS) is 11.3. The van der Waals surface area contributed by atoms with Crippen LogP contribution in [0.4, 0.5) is 11.5 Å². The molecule has 0 spiro atoms. The third-order valence-corrected chi connectivity index (χ3v) is 6.88. The SMILES string of the molecule is O=C(O)c1ccc(C(=O)Nc2cccc(SC(C(=O)Nc3ccc(Cl)cn3)c3ccccc3)c2)c(C(=O)O)c1. The minimum absolute atomic E-state index is 0.192. The predicted molar refractivity (Wildman–Crippen MR) is 148 cm³/mol. The second-order valence-electron chi connectivity index (χ2n) is 8.11. The summed E-state index contributed by atoms with van der Waals surface area (Å²) in [6, 6.07) is 22.3. The quantitative estimate of drug-likeness (QED) is 0.186. The van der Waals surface area contributed by atoms with Gasteiger partial charge in [-0.3, -0.25) is 9.59 Å². The van der Waals surface area contributed by atoms with E-state index in [0.717, 1.165) is 23.8 Å². The maximum absolute atomic E-state index is 13.3. The van der Waals surface area contributed by atoms with Crippen LogP contribution in [0.15, 0.2) is 96.0 Å². The molecule has 0 saturated carbocycles. The van der Waals surface area contributed by atoms with Crippen LogP contribution in [0, 0.1) is 0 Å². The number of aromatic carboxylic acids is 2. The average Bonchev–Trinajstić information content (AvgIpc) is 2.93. The van der Waals surface area contributed by atoms with Gasteiger partial charge in [0, 0.05) is 16.8 Å². The van der Waals surface area contributed by atoms with Gasteiger partial charge in [-0.25, -0.2) is 14.6 Å². The molecule has 0 aliphatic rings. The number of anilines is 2. The number of pyridine rings is 1. The first kappa shape index (κ1) is 27.4. The standard InChI is InChI=1S/C28H20ClN3O6S/c29-18-10-12-23(30-15-18)32-26(34)24(16-5-2-1-3-6-16)39-20-8-4-7-19(14-20)31-25(33)21-11-9-17(27(35)36)13-22(21)28(37)38/h1-15,24H,(H,31,33)(H,35,36)(H,37,38)(H,30,32,34). The van der Waals surface area contributed by atoms with E-state index in [4.69, 9.17) is 16.7 Å². The molecule has 0 bridgehead atoms. The van der Waals surface area contributed by atoms with Gasteiger partial charge in [-0.1, -0.05) is 48.0 Å². The smallest absolute Gasteiger partial charge is 0.336 e. The molecule has 3 aromatic carbocycles. The van der Waals surface area contributed by atoms with E-state index in [1.54, 1.807) is 36.4 Å². The summed E-state index contributed by atoms with van der Waals surface area (Å²) < 4.78 is 0. The first-order valence-electron chi connectivity index (χ1n) is 11.4. The van der Waals surface area contributed by atoms with Crippen LogP contribution in [0.5, 0.6) is 0 Å². The molecular weight excluding hydrogens is 542 g/mol. The molecule has 0 saturated heterocycles. The van der Waals surface area contributed by atoms with Crippen molar-refractivity contribution in [2.24, 2.45) is 0 Å². The highest BCUT2D eigenvalue weighted by Gasteiger charge is 2.23. The number of nitrogens with zero attached hydrogens (tertiary/aromatic N) is 1. The molecule has 2 amide bonds. The van der Waals surface area contributed by atoms with Gasteiger partial charge in [0.2, 0.25) is 5.91 Å². The van der Waals surface area contributed by atoms with Crippen LogP contribution in [0.2, 0.25) is 5.02 Å². The lowest BCUT2D eigenvalue weighted by atomic mass is 10.0. The molecule has 196 valence electrons. The Morgan fingerprint density at radius 1 is 0.795 bits per heavy atom. The largest absolute Gasteiger partial charge is 0.478 e. The van der Waals surface area contributed by atoms with Crippen LogP contribution in [-0.4, -0.2) is 39.0 Å². The zero-order valence-electron chi connectivity index (χ0n) is 20.0. The zero-order valence-corrected chi connectivity index (χ0v) is 21.6. The fourth-order valence-corrected chi connectivity index (χ4v) is 4.77. The van der Waals surface area contributed by atoms with Gasteiger partial charge < -0.3 is 20.8 Å². The van der Waals surface area contributed by atoms with Crippen LogP contribution in [0.1, 0.15) is 41.9 Å². The first-order valence-corrected chi connectivity index (χ1v) is 12.6. The van der Waals surface area contributed by atoms with Crippen molar-refractivity contribution in [3.05, 3.63) is 118 Å². The van der Waals surface area contributed by atoms with Crippen molar-refractivity contribution < 1.29 is 29.4 Å². The Labute approximate surface area is 231 Å². The Kier molecular flexibility index (Phi) is 8.60. The van der Waals surface area contributed by atoms with Crippen molar-refractivity contribution in [3.63, 3.8) is 0 Å². The van der Waals surface area contributed by atoms with Crippen LogP contribution in [0.3, 0.4) is 0 Å². The van der Waals surface area contributed by atoms with E-state index in [9.17, 15) is 24.3 Å². The Balaban J connectivity index is 1.56. The minimum atomic E-state index is -1.43. The number of aromatic nitrogens is 1. The highest BCUT2D eigenvalue weighted by atomic mass is 35.5. The molecule has 0 fully saturated rings. The molecule has 1 heterocycles. The molecule has 39 heavy (non-hydrogen) atoms. The van der Waals surface area contributed by atoms with Gasteiger partial charge in [0.25, 0.3) is 5.91 Å². The number of carboxylic acids is 2. The Morgan fingerprint density at radius 3 is 2.23 bits per heavy atom. The fourth-order valence-electron chi connectivity index (χ4n) is 3.58. The fraction of sp³-hybridized carbons (Fsp3) is 0.0357. The van der Waals surface area contributed by atoms with Crippen molar-refractivity contribution >= 4 is 58.6 Å². The molecule has 1 aromatic heterocycles. The number of rotatable bonds is 9.